The summed E-state index contributed by atoms with van der Waals surface area (Å²) in [4.78, 5) is 41.4. The smallest absolute Gasteiger partial charge is 0.355 e. The lowest BCUT2D eigenvalue weighted by Crippen LogP contribution is -2.41. The molecule has 0 saturated carbocycles. The number of para-hydroxylation sites is 1. The normalized spacial score (nSPS) is 14.8. The number of H-pyrrole nitrogens is 1. The number of nitriles is 1. The molecule has 0 saturated heterocycles. The van der Waals surface area contributed by atoms with Gasteiger partial charge < -0.3 is 15.2 Å². The zero-order valence-corrected chi connectivity index (χ0v) is 23.7. The van der Waals surface area contributed by atoms with Gasteiger partial charge in [0, 0.05) is 17.0 Å². The Balaban J connectivity index is 1.69. The van der Waals surface area contributed by atoms with E-state index in [4.69, 9.17) is 15.2 Å². The van der Waals surface area contributed by atoms with E-state index < -0.39 is 17.9 Å². The number of benzene rings is 2. The molecule has 0 bridgehead atoms. The van der Waals surface area contributed by atoms with Crippen molar-refractivity contribution >= 4 is 29.5 Å². The molecule has 2 aromatic carbocycles. The van der Waals surface area contributed by atoms with Crippen LogP contribution in [0.2, 0.25) is 0 Å². The molecule has 13 nitrogen and oxygen atoms in total. The minimum absolute atomic E-state index is 0.0425. The van der Waals surface area contributed by atoms with Crippen LogP contribution in [0.1, 0.15) is 22.9 Å². The quantitative estimate of drug-likeness (QED) is 0.272. The van der Waals surface area contributed by atoms with Crippen molar-refractivity contribution in [3.05, 3.63) is 100 Å². The van der Waals surface area contributed by atoms with Crippen molar-refractivity contribution in [2.24, 2.45) is 5.73 Å². The number of carbonyl (C=O) groups excluding carboxylic acids is 2. The Morgan fingerprint density at radius 3 is 2.26 bits per heavy atom. The van der Waals surface area contributed by atoms with E-state index in [1.807, 2.05) is 19.9 Å². The second-order valence-corrected chi connectivity index (χ2v) is 9.46. The van der Waals surface area contributed by atoms with Crippen molar-refractivity contribution in [1.82, 2.24) is 25.1 Å². The summed E-state index contributed by atoms with van der Waals surface area (Å²) in [5, 5.41) is 20.4. The Hall–Kier alpha value is -6.03. The number of allylic oxidation sites excluding steroid dienone is 1. The Morgan fingerprint density at radius 2 is 1.60 bits per heavy atom. The largest absolute Gasteiger partial charge is 0.466 e. The van der Waals surface area contributed by atoms with Gasteiger partial charge in [0.2, 0.25) is 11.9 Å². The number of nitrogens with two attached hydrogens (primary N) is 1. The number of nitrogens with one attached hydrogen (secondary N) is 2. The summed E-state index contributed by atoms with van der Waals surface area (Å²) in [7, 11) is 2.38. The summed E-state index contributed by atoms with van der Waals surface area (Å²) >= 11 is 0. The zero-order chi connectivity index (χ0) is 30.7. The fourth-order valence-electron chi connectivity index (χ4n) is 4.95. The van der Waals surface area contributed by atoms with Crippen molar-refractivity contribution in [2.75, 3.05) is 24.4 Å². The van der Waals surface area contributed by atoms with Gasteiger partial charge in [-0.05, 0) is 37.6 Å². The number of esters is 2. The molecule has 2 aromatic heterocycles. The highest BCUT2D eigenvalue weighted by Crippen LogP contribution is 2.45. The summed E-state index contributed by atoms with van der Waals surface area (Å²) in [5.41, 5.74) is 9.30. The molecule has 1 aliphatic rings. The fraction of sp³-hybridized carbons (Fsp3) is 0.167. The number of methoxy groups -OCH3 is 2. The maximum absolute atomic E-state index is 13.5. The number of rotatable bonds is 7. The molecule has 0 aliphatic carbocycles. The van der Waals surface area contributed by atoms with Gasteiger partial charge in [-0.15, -0.1) is 5.10 Å². The maximum atomic E-state index is 13.5. The molecule has 13 heteroatoms. The Bertz CT molecular complexity index is 1800. The maximum Gasteiger partial charge on any atom is 0.355 e. The van der Waals surface area contributed by atoms with Gasteiger partial charge in [0.05, 0.1) is 43.0 Å². The number of anilines is 3. The molecule has 1 aliphatic heterocycles. The van der Waals surface area contributed by atoms with Crippen LogP contribution in [0.4, 0.5) is 17.6 Å². The molecule has 0 amide bonds. The number of hydrogen-bond acceptors (Lipinski definition) is 12. The lowest BCUT2D eigenvalue weighted by molar-refractivity contribution is -0.139. The molecule has 5 rings (SSSR count). The van der Waals surface area contributed by atoms with Gasteiger partial charge in [-0.3, -0.25) is 15.3 Å². The van der Waals surface area contributed by atoms with Crippen molar-refractivity contribution in [1.29, 1.82) is 5.26 Å². The van der Waals surface area contributed by atoms with E-state index >= 15 is 0 Å². The highest BCUT2D eigenvalue weighted by molar-refractivity contribution is 6.07. The van der Waals surface area contributed by atoms with Crippen LogP contribution < -0.4 is 16.0 Å². The van der Waals surface area contributed by atoms with E-state index in [0.717, 1.165) is 11.4 Å². The van der Waals surface area contributed by atoms with Crippen LogP contribution in [0.25, 0.3) is 11.4 Å². The first-order chi connectivity index (χ1) is 20.8. The average Bonchev–Trinajstić information content (AvgIpc) is 3.47. The van der Waals surface area contributed by atoms with E-state index in [1.54, 1.807) is 54.6 Å². The standard InChI is InChI=1S/C30H27N9O4/c1-16-14-17(2)34-29(33-16)36-30-35-26(37-38-30)19-12-8-9-13-21(19)39-24(28(41)43-4)23(27(40)42-3)22(20(15-31)25(39)32)18-10-6-5-7-11-18/h5-14,22H,32H2,1-4H3,(H2,33,34,35,36,37,38). The fourth-order valence-corrected chi connectivity index (χ4v) is 4.95. The van der Waals surface area contributed by atoms with Crippen molar-refractivity contribution < 1.29 is 19.1 Å². The van der Waals surface area contributed by atoms with E-state index in [0.29, 0.717) is 28.6 Å². The molecular formula is C30H27N9O4. The molecule has 0 spiro atoms. The third-order valence-corrected chi connectivity index (χ3v) is 6.70. The van der Waals surface area contributed by atoms with Crippen LogP contribution in [0.3, 0.4) is 0 Å². The topological polar surface area (TPSA) is 185 Å². The highest BCUT2D eigenvalue weighted by atomic mass is 16.5. The Morgan fingerprint density at radius 1 is 0.953 bits per heavy atom. The average molecular weight is 578 g/mol. The number of ether oxygens (including phenoxy) is 2. The minimum Gasteiger partial charge on any atom is -0.466 e. The number of aryl methyl sites for hydroxylation is 2. The van der Waals surface area contributed by atoms with E-state index in [9.17, 15) is 14.9 Å². The first-order valence-corrected chi connectivity index (χ1v) is 13.0. The molecule has 216 valence electrons. The molecule has 3 heterocycles. The molecule has 4 N–H and O–H groups in total. The van der Waals surface area contributed by atoms with Crippen LogP contribution in [0.15, 0.2) is 83.3 Å². The predicted molar refractivity (Wildman–Crippen MR) is 156 cm³/mol. The number of hydrogen-bond donors (Lipinski definition) is 3. The molecule has 1 atom stereocenters. The molecule has 0 radical (unpaired) electrons. The SMILES string of the molecule is COC(=O)C1=C(C(=O)OC)N(c2ccccc2-c2nc(Nc3nc(C)cc(C)n3)n[nH]2)C(N)=C(C#N)C1c1ccccc1. The van der Waals surface area contributed by atoms with Gasteiger partial charge >= 0.3 is 11.9 Å². The molecule has 43 heavy (non-hydrogen) atoms. The summed E-state index contributed by atoms with van der Waals surface area (Å²) < 4.78 is 10.3. The van der Waals surface area contributed by atoms with Crippen LogP contribution >= 0.6 is 0 Å². The summed E-state index contributed by atoms with van der Waals surface area (Å²) in [6.45, 7) is 3.70. The van der Waals surface area contributed by atoms with Crippen LogP contribution in [-0.2, 0) is 19.1 Å². The number of aromatic amines is 1. The van der Waals surface area contributed by atoms with Crippen LogP contribution in [-0.4, -0.2) is 51.3 Å². The number of aromatic nitrogens is 5. The molecular weight excluding hydrogens is 550 g/mol. The van der Waals surface area contributed by atoms with Crippen LogP contribution in [0.5, 0.6) is 0 Å². The minimum atomic E-state index is -0.991. The summed E-state index contributed by atoms with van der Waals surface area (Å²) in [6, 6.07) is 19.6. The van der Waals surface area contributed by atoms with Crippen molar-refractivity contribution in [3.8, 4) is 17.5 Å². The number of carbonyl (C=O) groups is 2. The van der Waals surface area contributed by atoms with E-state index in [1.165, 1.54) is 19.1 Å². The second kappa shape index (κ2) is 11.8. The molecule has 4 aromatic rings. The van der Waals surface area contributed by atoms with Crippen molar-refractivity contribution in [2.45, 2.75) is 19.8 Å². The second-order valence-electron chi connectivity index (χ2n) is 9.46. The third kappa shape index (κ3) is 5.36. The van der Waals surface area contributed by atoms with Crippen molar-refractivity contribution in [3.63, 3.8) is 0 Å². The van der Waals surface area contributed by atoms with Gasteiger partial charge in [0.15, 0.2) is 5.82 Å². The number of nitrogens with zero attached hydrogens (tertiary/aromatic N) is 6. The molecule has 0 fully saturated rings. The van der Waals surface area contributed by atoms with Gasteiger partial charge in [0.1, 0.15) is 11.5 Å². The third-order valence-electron chi connectivity index (χ3n) is 6.70. The van der Waals surface area contributed by atoms with E-state index in [-0.39, 0.29) is 28.6 Å². The summed E-state index contributed by atoms with van der Waals surface area (Å²) in [6.07, 6.45) is 0. The highest BCUT2D eigenvalue weighted by Gasteiger charge is 2.43. The van der Waals surface area contributed by atoms with Gasteiger partial charge in [0.25, 0.3) is 0 Å². The molecule has 1 unspecified atom stereocenters. The van der Waals surface area contributed by atoms with E-state index in [2.05, 4.69) is 36.5 Å². The zero-order valence-electron chi connectivity index (χ0n) is 23.7. The van der Waals surface area contributed by atoms with Crippen LogP contribution in [0, 0.1) is 25.2 Å². The Labute approximate surface area is 246 Å². The monoisotopic (exact) mass is 577 g/mol. The lowest BCUT2D eigenvalue weighted by atomic mass is 9.80. The van der Waals surface area contributed by atoms with Gasteiger partial charge in [-0.2, -0.15) is 10.2 Å². The summed E-state index contributed by atoms with van der Waals surface area (Å²) in [5.74, 6) is -1.93. The predicted octanol–water partition coefficient (Wildman–Crippen LogP) is 3.52. The Kier molecular flexibility index (Phi) is 7.84. The van der Waals surface area contributed by atoms with Gasteiger partial charge in [-0.25, -0.2) is 19.6 Å². The first-order valence-electron chi connectivity index (χ1n) is 13.0. The lowest BCUT2D eigenvalue weighted by Gasteiger charge is -2.36. The first kappa shape index (κ1) is 28.5. The van der Waals surface area contributed by atoms with Gasteiger partial charge in [-0.1, -0.05) is 42.5 Å².